The third-order valence-electron chi connectivity index (χ3n) is 4.84. The first-order valence-electron chi connectivity index (χ1n) is 11.7. The van der Waals surface area contributed by atoms with Gasteiger partial charge in [-0.3, -0.25) is 14.2 Å². The number of carbonyl (C=O) groups excluding carboxylic acids is 2. The molecule has 13 nitrogen and oxygen atoms in total. The molecule has 36 heavy (non-hydrogen) atoms. The van der Waals surface area contributed by atoms with Crippen LogP contribution in [0.25, 0.3) is 11.2 Å². The van der Waals surface area contributed by atoms with E-state index in [1.165, 1.54) is 13.3 Å². The molecule has 0 spiro atoms. The van der Waals surface area contributed by atoms with E-state index in [4.69, 9.17) is 19.9 Å². The lowest BCUT2D eigenvalue weighted by atomic mass is 10.1. The molecule has 2 rings (SSSR count). The molecule has 0 amide bonds. The number of nitrogen functional groups attached to an aromatic ring is 1. The Morgan fingerprint density at radius 2 is 1.72 bits per heavy atom. The van der Waals surface area contributed by atoms with Crippen molar-refractivity contribution < 1.29 is 28.4 Å². The van der Waals surface area contributed by atoms with Gasteiger partial charge >= 0.3 is 11.9 Å². The highest BCUT2D eigenvalue weighted by Crippen LogP contribution is 2.40. The number of ether oxygens (including phenoxy) is 3. The quantitative estimate of drug-likeness (QED) is 0.256. The van der Waals surface area contributed by atoms with Crippen molar-refractivity contribution in [3.05, 3.63) is 12.7 Å². The number of nitrogens with zero attached hydrogens (tertiary/aromatic N) is 4. The molecule has 0 radical (unpaired) electrons. The predicted octanol–water partition coefficient (Wildman–Crippen LogP) is 2.21. The van der Waals surface area contributed by atoms with E-state index in [1.54, 1.807) is 59.4 Å². The Kier molecular flexibility index (Phi) is 9.95. The number of carbonyl (C=O) groups is 2. The van der Waals surface area contributed by atoms with Gasteiger partial charge in [0, 0.05) is 0 Å². The zero-order valence-corrected chi connectivity index (χ0v) is 23.0. The summed E-state index contributed by atoms with van der Waals surface area (Å²) in [5.41, 5.74) is 5.52. The Morgan fingerprint density at radius 3 is 2.33 bits per heavy atom. The number of hydrogen-bond donors (Lipinski definition) is 3. The minimum absolute atomic E-state index is 0.267. The zero-order valence-electron chi connectivity index (χ0n) is 22.1. The number of imidazole rings is 1. The molecule has 0 aromatic carbocycles. The van der Waals surface area contributed by atoms with E-state index < -0.39 is 37.1 Å². The molecular formula is C22H38N7O6P. The maximum Gasteiger partial charge on any atom is 0.326 e. The fraction of sp³-hybridized carbons (Fsp3) is 0.682. The average molecular weight is 528 g/mol. The third kappa shape index (κ3) is 8.22. The minimum atomic E-state index is -3.69. The van der Waals surface area contributed by atoms with Crippen LogP contribution in [0, 0.1) is 0 Å². The highest BCUT2D eigenvalue weighted by molar-refractivity contribution is 7.59. The van der Waals surface area contributed by atoms with Crippen molar-refractivity contribution >= 4 is 36.4 Å². The van der Waals surface area contributed by atoms with Gasteiger partial charge < -0.3 is 24.5 Å². The number of rotatable bonds is 13. The van der Waals surface area contributed by atoms with Crippen molar-refractivity contribution in [1.82, 2.24) is 29.7 Å². The second kappa shape index (κ2) is 12.1. The SMILES string of the molecule is CC(C)OC(=O)[C@@H](C)N[P@](=O)(CO[C@H](C)Cn1cnc2c(N)ncnc21)NC(C)(C)C(=O)OC(C)C. The summed E-state index contributed by atoms with van der Waals surface area (Å²) in [7, 11) is -3.69. The van der Waals surface area contributed by atoms with Gasteiger partial charge in [0.25, 0.3) is 0 Å². The van der Waals surface area contributed by atoms with Crippen LogP contribution in [0.1, 0.15) is 55.4 Å². The fourth-order valence-electron chi connectivity index (χ4n) is 3.25. The molecule has 2 aromatic rings. The lowest BCUT2D eigenvalue weighted by Gasteiger charge is -2.33. The van der Waals surface area contributed by atoms with Crippen LogP contribution in [0.5, 0.6) is 0 Å². The third-order valence-corrected chi connectivity index (χ3v) is 7.08. The Hall–Kier alpha value is -2.60. The first kappa shape index (κ1) is 29.6. The molecule has 2 aromatic heterocycles. The Bertz CT molecular complexity index is 1100. The molecule has 0 fully saturated rings. The van der Waals surface area contributed by atoms with Crippen molar-refractivity contribution in [1.29, 1.82) is 0 Å². The highest BCUT2D eigenvalue weighted by Gasteiger charge is 2.39. The number of esters is 2. The molecule has 0 bridgehead atoms. The van der Waals surface area contributed by atoms with Crippen molar-refractivity contribution in [3.63, 3.8) is 0 Å². The largest absolute Gasteiger partial charge is 0.462 e. The van der Waals surface area contributed by atoms with Gasteiger partial charge in [-0.25, -0.2) is 25.1 Å². The van der Waals surface area contributed by atoms with Crippen molar-refractivity contribution in [2.45, 2.75) is 91.8 Å². The van der Waals surface area contributed by atoms with Crippen LogP contribution in [-0.2, 0) is 34.9 Å². The molecule has 2 heterocycles. The summed E-state index contributed by atoms with van der Waals surface area (Å²) in [6.45, 7) is 13.6. The number of aromatic nitrogens is 4. The maximum absolute atomic E-state index is 14.0. The number of nitrogens with one attached hydrogen (secondary N) is 2. The van der Waals surface area contributed by atoms with Gasteiger partial charge in [0.15, 0.2) is 11.5 Å². The number of anilines is 1. The summed E-state index contributed by atoms with van der Waals surface area (Å²) < 4.78 is 32.1. The van der Waals surface area contributed by atoms with E-state index in [2.05, 4.69) is 25.1 Å². The lowest BCUT2D eigenvalue weighted by Crippen LogP contribution is -2.51. The molecule has 0 unspecified atom stereocenters. The molecule has 0 aliphatic rings. The van der Waals surface area contributed by atoms with E-state index in [-0.39, 0.29) is 24.4 Å². The summed E-state index contributed by atoms with van der Waals surface area (Å²) in [5.74, 6) is -0.903. The maximum atomic E-state index is 14.0. The summed E-state index contributed by atoms with van der Waals surface area (Å²) in [5, 5.41) is 5.64. The van der Waals surface area contributed by atoms with Crippen LogP contribution in [0.15, 0.2) is 12.7 Å². The van der Waals surface area contributed by atoms with Crippen molar-refractivity contribution in [2.24, 2.45) is 0 Å². The summed E-state index contributed by atoms with van der Waals surface area (Å²) in [4.78, 5) is 37.4. The van der Waals surface area contributed by atoms with Crippen LogP contribution in [-0.4, -0.2) is 67.7 Å². The van der Waals surface area contributed by atoms with Gasteiger partial charge in [0.2, 0.25) is 7.44 Å². The topological polar surface area (TPSA) is 173 Å². The molecule has 4 N–H and O–H groups in total. The average Bonchev–Trinajstić information content (AvgIpc) is 3.15. The van der Waals surface area contributed by atoms with E-state index in [0.29, 0.717) is 17.7 Å². The second-order valence-electron chi connectivity index (χ2n) is 9.70. The summed E-state index contributed by atoms with van der Waals surface area (Å²) >= 11 is 0. The molecule has 0 saturated carbocycles. The molecule has 202 valence electrons. The smallest absolute Gasteiger partial charge is 0.326 e. The lowest BCUT2D eigenvalue weighted by molar-refractivity contribution is -0.153. The Balaban J connectivity index is 2.18. The standard InChI is InChI=1S/C22H38N7O6P/c1-13(2)34-20(30)16(6)27-36(32,28-22(7,8)21(31)35-14(3)4)12-33-15(5)9-29-11-26-17-18(23)24-10-25-19(17)29/h10-11,13-16H,9,12H2,1-8H3,(H2,23,24,25)(H2,27,28,32)/t15-,16-,36-/m1/s1. The highest BCUT2D eigenvalue weighted by atomic mass is 31.2. The van der Waals surface area contributed by atoms with Crippen LogP contribution in [0.4, 0.5) is 5.82 Å². The molecular weight excluding hydrogens is 489 g/mol. The van der Waals surface area contributed by atoms with Crippen molar-refractivity contribution in [2.75, 3.05) is 12.1 Å². The van der Waals surface area contributed by atoms with Crippen LogP contribution < -0.4 is 15.9 Å². The fourth-order valence-corrected chi connectivity index (χ4v) is 5.65. The number of nitrogens with two attached hydrogens (primary N) is 1. The first-order valence-corrected chi connectivity index (χ1v) is 13.6. The van der Waals surface area contributed by atoms with Gasteiger partial charge in [-0.15, -0.1) is 0 Å². The zero-order chi connectivity index (χ0) is 27.3. The van der Waals surface area contributed by atoms with E-state index in [1.807, 2.05) is 0 Å². The van der Waals surface area contributed by atoms with Crippen LogP contribution in [0.2, 0.25) is 0 Å². The van der Waals surface area contributed by atoms with Crippen LogP contribution >= 0.6 is 7.44 Å². The van der Waals surface area contributed by atoms with E-state index in [0.717, 1.165) is 0 Å². The molecule has 3 atom stereocenters. The van der Waals surface area contributed by atoms with Gasteiger partial charge in [-0.1, -0.05) is 0 Å². The molecule has 0 aliphatic heterocycles. The predicted molar refractivity (Wildman–Crippen MR) is 135 cm³/mol. The van der Waals surface area contributed by atoms with Crippen molar-refractivity contribution in [3.8, 4) is 0 Å². The number of hydrogen-bond acceptors (Lipinski definition) is 10. The number of fused-ring (bicyclic) bond motifs is 1. The minimum Gasteiger partial charge on any atom is -0.462 e. The second-order valence-corrected chi connectivity index (χ2v) is 11.9. The van der Waals surface area contributed by atoms with Gasteiger partial charge in [-0.2, -0.15) is 0 Å². The molecule has 0 aliphatic carbocycles. The van der Waals surface area contributed by atoms with E-state index in [9.17, 15) is 14.2 Å². The Labute approximate surface area is 211 Å². The normalized spacial score (nSPS) is 15.6. The molecule has 0 saturated heterocycles. The summed E-state index contributed by atoms with van der Waals surface area (Å²) in [6, 6.07) is -0.932. The first-order chi connectivity index (χ1) is 16.6. The van der Waals surface area contributed by atoms with Gasteiger partial charge in [-0.05, 0) is 55.4 Å². The summed E-state index contributed by atoms with van der Waals surface area (Å²) in [6.07, 6.45) is 1.45. The molecule has 14 heteroatoms. The van der Waals surface area contributed by atoms with Gasteiger partial charge in [0.05, 0.1) is 31.2 Å². The van der Waals surface area contributed by atoms with Gasteiger partial charge in [0.1, 0.15) is 29.8 Å². The van der Waals surface area contributed by atoms with Crippen LogP contribution in [0.3, 0.4) is 0 Å². The van der Waals surface area contributed by atoms with E-state index >= 15 is 0 Å². The monoisotopic (exact) mass is 527 g/mol. The Morgan fingerprint density at radius 1 is 1.08 bits per heavy atom.